The van der Waals surface area contributed by atoms with E-state index in [1.165, 1.54) is 0 Å². The Morgan fingerprint density at radius 1 is 1.06 bits per heavy atom. The third-order valence-electron chi connectivity index (χ3n) is 2.77. The summed E-state index contributed by atoms with van der Waals surface area (Å²) in [6.07, 6.45) is 0. The Hall–Kier alpha value is -2.27. The fraction of sp³-hybridized carbons (Fsp3) is 0.133. The van der Waals surface area contributed by atoms with Gasteiger partial charge in [0.25, 0.3) is 0 Å². The number of hydrogen-bond donors (Lipinski definition) is 0. The van der Waals surface area contributed by atoms with Crippen molar-refractivity contribution in [2.24, 2.45) is 0 Å². The van der Waals surface area contributed by atoms with Gasteiger partial charge < -0.3 is 4.74 Å². The number of aryl methyl sites for hydroxylation is 1. The maximum Gasteiger partial charge on any atom is 0.118 e. The highest BCUT2D eigenvalue weighted by molar-refractivity contribution is 5.69. The van der Waals surface area contributed by atoms with Crippen molar-refractivity contribution >= 4 is 0 Å². The Labute approximate surface area is 101 Å². The van der Waals surface area contributed by atoms with E-state index in [9.17, 15) is 0 Å². The molecule has 0 radical (unpaired) electrons. The van der Waals surface area contributed by atoms with E-state index in [0.717, 1.165) is 22.4 Å². The lowest BCUT2D eigenvalue weighted by Gasteiger charge is -2.07. The number of nitrogens with zero attached hydrogens (tertiary/aromatic N) is 1. The molecule has 0 aliphatic rings. The van der Waals surface area contributed by atoms with Crippen molar-refractivity contribution in [3.63, 3.8) is 0 Å². The maximum absolute atomic E-state index is 8.91. The van der Waals surface area contributed by atoms with E-state index in [0.29, 0.717) is 5.56 Å². The Kier molecular flexibility index (Phi) is 3.11. The summed E-state index contributed by atoms with van der Waals surface area (Å²) in [4.78, 5) is 0. The molecule has 0 aliphatic carbocycles. The third kappa shape index (κ3) is 2.29. The second kappa shape index (κ2) is 4.71. The molecule has 0 bridgehead atoms. The highest BCUT2D eigenvalue weighted by Crippen LogP contribution is 2.26. The van der Waals surface area contributed by atoms with Crippen molar-refractivity contribution in [2.45, 2.75) is 6.92 Å². The van der Waals surface area contributed by atoms with Crippen LogP contribution in [0.25, 0.3) is 11.1 Å². The van der Waals surface area contributed by atoms with Gasteiger partial charge in [-0.15, -0.1) is 0 Å². The molecule has 0 spiro atoms. The lowest BCUT2D eigenvalue weighted by Crippen LogP contribution is -1.86. The summed E-state index contributed by atoms with van der Waals surface area (Å²) < 4.78 is 5.13. The molecule has 2 rings (SSSR count). The zero-order valence-corrected chi connectivity index (χ0v) is 9.90. The van der Waals surface area contributed by atoms with Gasteiger partial charge in [0.1, 0.15) is 5.75 Å². The molecule has 0 aliphatic heterocycles. The van der Waals surface area contributed by atoms with Crippen molar-refractivity contribution < 1.29 is 4.74 Å². The van der Waals surface area contributed by atoms with Crippen LogP contribution in [0.1, 0.15) is 11.1 Å². The van der Waals surface area contributed by atoms with Crippen LogP contribution in [0.5, 0.6) is 5.75 Å². The van der Waals surface area contributed by atoms with Crippen LogP contribution >= 0.6 is 0 Å². The van der Waals surface area contributed by atoms with Gasteiger partial charge in [0.05, 0.1) is 18.7 Å². The van der Waals surface area contributed by atoms with Crippen LogP contribution in [-0.4, -0.2) is 7.11 Å². The SMILES string of the molecule is COc1ccc(-c2cc(C#N)ccc2C)cc1. The standard InChI is InChI=1S/C15H13NO/c1-11-3-4-12(10-16)9-15(11)13-5-7-14(17-2)8-6-13/h3-9H,1-2H3. The lowest BCUT2D eigenvalue weighted by molar-refractivity contribution is 0.415. The summed E-state index contributed by atoms with van der Waals surface area (Å²) in [5.41, 5.74) is 4.03. The normalized spacial score (nSPS) is 9.71. The minimum absolute atomic E-state index is 0.682. The van der Waals surface area contributed by atoms with E-state index in [2.05, 4.69) is 6.07 Å². The van der Waals surface area contributed by atoms with Gasteiger partial charge in [-0.25, -0.2) is 0 Å². The van der Waals surface area contributed by atoms with E-state index in [-0.39, 0.29) is 0 Å². The molecule has 0 aromatic heterocycles. The van der Waals surface area contributed by atoms with Crippen LogP contribution in [0.15, 0.2) is 42.5 Å². The van der Waals surface area contributed by atoms with Crippen molar-refractivity contribution in [1.29, 1.82) is 5.26 Å². The molecule has 0 heterocycles. The number of ether oxygens (including phenoxy) is 1. The average molecular weight is 223 g/mol. The number of benzene rings is 2. The summed E-state index contributed by atoms with van der Waals surface area (Å²) in [7, 11) is 1.65. The highest BCUT2D eigenvalue weighted by atomic mass is 16.5. The largest absolute Gasteiger partial charge is 0.497 e. The molecular formula is C15H13NO. The van der Waals surface area contributed by atoms with Crippen molar-refractivity contribution in [3.8, 4) is 22.9 Å². The van der Waals surface area contributed by atoms with Crippen LogP contribution in [-0.2, 0) is 0 Å². The van der Waals surface area contributed by atoms with Gasteiger partial charge in [0.15, 0.2) is 0 Å². The number of methoxy groups -OCH3 is 1. The first-order chi connectivity index (χ1) is 8.24. The minimum atomic E-state index is 0.682. The highest BCUT2D eigenvalue weighted by Gasteiger charge is 2.03. The molecule has 84 valence electrons. The minimum Gasteiger partial charge on any atom is -0.497 e. The Morgan fingerprint density at radius 2 is 1.76 bits per heavy atom. The second-order valence-corrected chi connectivity index (χ2v) is 3.87. The van der Waals surface area contributed by atoms with E-state index in [4.69, 9.17) is 10.00 Å². The molecular weight excluding hydrogens is 210 g/mol. The van der Waals surface area contributed by atoms with Gasteiger partial charge in [-0.2, -0.15) is 5.26 Å². The first kappa shape index (κ1) is 11.2. The maximum atomic E-state index is 8.91. The smallest absolute Gasteiger partial charge is 0.118 e. The predicted molar refractivity (Wildman–Crippen MR) is 67.9 cm³/mol. The molecule has 2 nitrogen and oxygen atoms in total. The van der Waals surface area contributed by atoms with Crippen molar-refractivity contribution in [3.05, 3.63) is 53.6 Å². The summed E-state index contributed by atoms with van der Waals surface area (Å²) in [6.45, 7) is 2.04. The fourth-order valence-electron chi connectivity index (χ4n) is 1.77. The van der Waals surface area contributed by atoms with Gasteiger partial charge in [-0.05, 0) is 47.9 Å². The molecule has 2 aromatic carbocycles. The zero-order chi connectivity index (χ0) is 12.3. The molecule has 0 N–H and O–H groups in total. The topological polar surface area (TPSA) is 33.0 Å². The molecule has 0 atom stereocenters. The lowest BCUT2D eigenvalue weighted by atomic mass is 9.98. The van der Waals surface area contributed by atoms with Crippen LogP contribution in [0, 0.1) is 18.3 Å². The first-order valence-electron chi connectivity index (χ1n) is 5.40. The number of nitriles is 1. The molecule has 0 amide bonds. The predicted octanol–water partition coefficient (Wildman–Crippen LogP) is 3.54. The summed E-state index contributed by atoms with van der Waals surface area (Å²) in [5, 5.41) is 8.91. The molecule has 0 saturated heterocycles. The number of rotatable bonds is 2. The molecule has 0 unspecified atom stereocenters. The van der Waals surface area contributed by atoms with Gasteiger partial charge in [0, 0.05) is 0 Å². The average Bonchev–Trinajstić information content (AvgIpc) is 2.39. The Bertz CT molecular complexity index is 564. The fourth-order valence-corrected chi connectivity index (χ4v) is 1.77. The van der Waals surface area contributed by atoms with Gasteiger partial charge in [-0.1, -0.05) is 18.2 Å². The van der Waals surface area contributed by atoms with Crippen molar-refractivity contribution in [1.82, 2.24) is 0 Å². The monoisotopic (exact) mass is 223 g/mol. The molecule has 0 saturated carbocycles. The number of hydrogen-bond acceptors (Lipinski definition) is 2. The third-order valence-corrected chi connectivity index (χ3v) is 2.77. The Morgan fingerprint density at radius 3 is 2.35 bits per heavy atom. The van der Waals surface area contributed by atoms with E-state index in [1.807, 2.05) is 49.4 Å². The van der Waals surface area contributed by atoms with Crippen LogP contribution < -0.4 is 4.74 Å². The van der Waals surface area contributed by atoms with E-state index in [1.54, 1.807) is 7.11 Å². The van der Waals surface area contributed by atoms with Crippen LogP contribution in [0.4, 0.5) is 0 Å². The van der Waals surface area contributed by atoms with Crippen LogP contribution in [0.2, 0.25) is 0 Å². The quantitative estimate of drug-likeness (QED) is 0.780. The van der Waals surface area contributed by atoms with E-state index >= 15 is 0 Å². The van der Waals surface area contributed by atoms with Crippen LogP contribution in [0.3, 0.4) is 0 Å². The molecule has 17 heavy (non-hydrogen) atoms. The molecule has 0 fully saturated rings. The van der Waals surface area contributed by atoms with Gasteiger partial charge in [-0.3, -0.25) is 0 Å². The van der Waals surface area contributed by atoms with E-state index < -0.39 is 0 Å². The summed E-state index contributed by atoms with van der Waals surface area (Å²) in [5.74, 6) is 0.836. The molecule has 2 heteroatoms. The molecule has 2 aromatic rings. The Balaban J connectivity index is 2.48. The van der Waals surface area contributed by atoms with Gasteiger partial charge in [0.2, 0.25) is 0 Å². The summed E-state index contributed by atoms with van der Waals surface area (Å²) in [6, 6.07) is 15.7. The second-order valence-electron chi connectivity index (χ2n) is 3.87. The van der Waals surface area contributed by atoms with Gasteiger partial charge >= 0.3 is 0 Å². The zero-order valence-electron chi connectivity index (χ0n) is 9.90. The summed E-state index contributed by atoms with van der Waals surface area (Å²) >= 11 is 0. The van der Waals surface area contributed by atoms with Crippen molar-refractivity contribution in [2.75, 3.05) is 7.11 Å². The first-order valence-corrected chi connectivity index (χ1v) is 5.40.